The van der Waals surface area contributed by atoms with Crippen LogP contribution in [0.1, 0.15) is 20.3 Å². The van der Waals surface area contributed by atoms with Crippen LogP contribution in [0.5, 0.6) is 5.75 Å². The van der Waals surface area contributed by atoms with Gasteiger partial charge in [0.25, 0.3) is 0 Å². The van der Waals surface area contributed by atoms with Gasteiger partial charge in [0.05, 0.1) is 12.1 Å². The highest BCUT2D eigenvalue weighted by atomic mass is 19.4. The van der Waals surface area contributed by atoms with E-state index in [1.54, 1.807) is 0 Å². The van der Waals surface area contributed by atoms with Gasteiger partial charge in [0.1, 0.15) is 5.75 Å². The number of hydrogen-bond acceptors (Lipinski definition) is 3. The Morgan fingerprint density at radius 3 is 2.62 bits per heavy atom. The highest BCUT2D eigenvalue weighted by molar-refractivity contribution is 5.92. The average molecular weight is 343 g/mol. The first-order chi connectivity index (χ1) is 11.2. The number of alkyl halides is 3. The van der Waals surface area contributed by atoms with Crippen molar-refractivity contribution < 1.29 is 22.6 Å². The summed E-state index contributed by atoms with van der Waals surface area (Å²) in [7, 11) is 0. The SMILES string of the molecule is CC1(C)C(N=C(N)Nc2ccc(OC(F)(F)F)cc2)C2CCOC21. The van der Waals surface area contributed by atoms with Gasteiger partial charge in [-0.3, -0.25) is 0 Å². The Bertz CT molecular complexity index is 628. The third kappa shape index (κ3) is 3.28. The number of nitrogens with two attached hydrogens (primary N) is 1. The molecule has 1 saturated carbocycles. The first-order valence-corrected chi connectivity index (χ1v) is 7.74. The van der Waals surface area contributed by atoms with Gasteiger partial charge in [0.2, 0.25) is 0 Å². The van der Waals surface area contributed by atoms with E-state index in [-0.39, 0.29) is 29.3 Å². The van der Waals surface area contributed by atoms with E-state index < -0.39 is 6.36 Å². The lowest BCUT2D eigenvalue weighted by Crippen LogP contribution is -2.59. The average Bonchev–Trinajstić information content (AvgIpc) is 2.92. The molecule has 5 nitrogen and oxygen atoms in total. The topological polar surface area (TPSA) is 68.9 Å². The third-order valence-electron chi connectivity index (χ3n) is 4.68. The second-order valence-corrected chi connectivity index (χ2v) is 6.72. The largest absolute Gasteiger partial charge is 0.573 e. The lowest BCUT2D eigenvalue weighted by Gasteiger charge is -2.52. The predicted octanol–water partition coefficient (Wildman–Crippen LogP) is 3.13. The molecule has 132 valence electrons. The van der Waals surface area contributed by atoms with Crippen molar-refractivity contribution in [1.29, 1.82) is 0 Å². The summed E-state index contributed by atoms with van der Waals surface area (Å²) >= 11 is 0. The van der Waals surface area contributed by atoms with Crippen molar-refractivity contribution in [3.05, 3.63) is 24.3 Å². The predicted molar refractivity (Wildman–Crippen MR) is 83.8 cm³/mol. The molecule has 1 aromatic rings. The Labute approximate surface area is 138 Å². The maximum Gasteiger partial charge on any atom is 0.573 e. The number of anilines is 1. The van der Waals surface area contributed by atoms with E-state index in [4.69, 9.17) is 10.5 Å². The van der Waals surface area contributed by atoms with E-state index in [0.29, 0.717) is 11.6 Å². The Balaban J connectivity index is 1.63. The molecule has 2 fully saturated rings. The fourth-order valence-electron chi connectivity index (χ4n) is 3.63. The molecule has 1 heterocycles. The van der Waals surface area contributed by atoms with Crippen molar-refractivity contribution in [2.24, 2.45) is 22.1 Å². The minimum absolute atomic E-state index is 0.0716. The minimum atomic E-state index is -4.70. The van der Waals surface area contributed by atoms with Gasteiger partial charge in [0, 0.05) is 23.6 Å². The molecule has 1 saturated heterocycles. The van der Waals surface area contributed by atoms with Crippen LogP contribution in [-0.4, -0.2) is 31.1 Å². The fourth-order valence-corrected chi connectivity index (χ4v) is 3.63. The van der Waals surface area contributed by atoms with E-state index in [0.717, 1.165) is 13.0 Å². The molecule has 0 amide bonds. The van der Waals surface area contributed by atoms with Crippen LogP contribution in [0.25, 0.3) is 0 Å². The number of benzene rings is 1. The van der Waals surface area contributed by atoms with Gasteiger partial charge in [-0.15, -0.1) is 13.2 Å². The standard InChI is InChI=1S/C16H20F3N3O2/c1-15(2)12(11-7-8-23-13(11)15)22-14(20)21-9-3-5-10(6-4-9)24-16(17,18)19/h3-6,11-13H,7-8H2,1-2H3,(H3,20,21,22). The van der Waals surface area contributed by atoms with Gasteiger partial charge in [-0.25, -0.2) is 4.99 Å². The summed E-state index contributed by atoms with van der Waals surface area (Å²) in [6.07, 6.45) is -3.51. The van der Waals surface area contributed by atoms with Gasteiger partial charge in [-0.05, 0) is 30.7 Å². The summed E-state index contributed by atoms with van der Waals surface area (Å²) in [6.45, 7) is 4.95. The fraction of sp³-hybridized carbons (Fsp3) is 0.562. The van der Waals surface area contributed by atoms with Crippen LogP contribution >= 0.6 is 0 Å². The van der Waals surface area contributed by atoms with Gasteiger partial charge in [0.15, 0.2) is 5.96 Å². The molecule has 3 N–H and O–H groups in total. The Morgan fingerprint density at radius 1 is 1.33 bits per heavy atom. The van der Waals surface area contributed by atoms with Crippen LogP contribution in [0.2, 0.25) is 0 Å². The third-order valence-corrected chi connectivity index (χ3v) is 4.68. The molecule has 0 aromatic heterocycles. The smallest absolute Gasteiger partial charge is 0.406 e. The molecule has 3 rings (SSSR count). The number of nitrogens with one attached hydrogen (secondary N) is 1. The zero-order chi connectivity index (χ0) is 17.5. The second kappa shape index (κ2) is 5.84. The number of nitrogens with zero attached hydrogens (tertiary/aromatic N) is 1. The van der Waals surface area contributed by atoms with Crippen molar-refractivity contribution >= 4 is 11.6 Å². The van der Waals surface area contributed by atoms with E-state index in [2.05, 4.69) is 28.9 Å². The van der Waals surface area contributed by atoms with E-state index in [1.807, 2.05) is 0 Å². The van der Waals surface area contributed by atoms with Crippen molar-refractivity contribution in [3.8, 4) is 5.75 Å². The van der Waals surface area contributed by atoms with Crippen molar-refractivity contribution in [2.75, 3.05) is 11.9 Å². The van der Waals surface area contributed by atoms with Crippen LogP contribution in [0.3, 0.4) is 0 Å². The van der Waals surface area contributed by atoms with Crippen LogP contribution < -0.4 is 15.8 Å². The molecular weight excluding hydrogens is 323 g/mol. The molecule has 2 aliphatic rings. The summed E-state index contributed by atoms with van der Waals surface area (Å²) in [5.74, 6) is 0.334. The van der Waals surface area contributed by atoms with Crippen molar-refractivity contribution in [3.63, 3.8) is 0 Å². The molecule has 3 unspecified atom stereocenters. The van der Waals surface area contributed by atoms with Crippen LogP contribution in [0.15, 0.2) is 29.3 Å². The summed E-state index contributed by atoms with van der Waals surface area (Å²) in [4.78, 5) is 4.55. The number of rotatable bonds is 3. The van der Waals surface area contributed by atoms with Gasteiger partial charge < -0.3 is 20.5 Å². The number of ether oxygens (including phenoxy) is 2. The van der Waals surface area contributed by atoms with E-state index in [1.165, 1.54) is 24.3 Å². The zero-order valence-corrected chi connectivity index (χ0v) is 13.4. The number of fused-ring (bicyclic) bond motifs is 1. The van der Waals surface area contributed by atoms with Crippen molar-refractivity contribution in [1.82, 2.24) is 0 Å². The summed E-state index contributed by atoms with van der Waals surface area (Å²) < 4.78 is 45.9. The highest BCUT2D eigenvalue weighted by Crippen LogP contribution is 2.53. The molecule has 0 radical (unpaired) electrons. The summed E-state index contributed by atoms with van der Waals surface area (Å²) in [6, 6.07) is 5.42. The zero-order valence-electron chi connectivity index (χ0n) is 13.4. The second-order valence-electron chi connectivity index (χ2n) is 6.72. The summed E-state index contributed by atoms with van der Waals surface area (Å²) in [5.41, 5.74) is 6.42. The molecular formula is C16H20F3N3O2. The molecule has 1 aromatic carbocycles. The number of halogens is 3. The molecule has 0 spiro atoms. The first-order valence-electron chi connectivity index (χ1n) is 7.74. The van der Waals surface area contributed by atoms with Gasteiger partial charge in [-0.2, -0.15) is 0 Å². The molecule has 1 aliphatic carbocycles. The van der Waals surface area contributed by atoms with E-state index in [9.17, 15) is 13.2 Å². The Morgan fingerprint density at radius 2 is 2.00 bits per heavy atom. The number of aliphatic imine (C=N–C) groups is 1. The monoisotopic (exact) mass is 343 g/mol. The van der Waals surface area contributed by atoms with Crippen LogP contribution in [0.4, 0.5) is 18.9 Å². The van der Waals surface area contributed by atoms with E-state index >= 15 is 0 Å². The molecule has 0 bridgehead atoms. The lowest BCUT2D eigenvalue weighted by atomic mass is 9.57. The molecule has 8 heteroatoms. The van der Waals surface area contributed by atoms with Gasteiger partial charge >= 0.3 is 6.36 Å². The maximum atomic E-state index is 12.1. The van der Waals surface area contributed by atoms with Crippen LogP contribution in [-0.2, 0) is 4.74 Å². The molecule has 1 aliphatic heterocycles. The Hall–Kier alpha value is -1.96. The van der Waals surface area contributed by atoms with Crippen LogP contribution in [0, 0.1) is 11.3 Å². The molecule has 24 heavy (non-hydrogen) atoms. The minimum Gasteiger partial charge on any atom is -0.406 e. The summed E-state index contributed by atoms with van der Waals surface area (Å²) in [5, 5.41) is 2.90. The molecule has 3 atom stereocenters. The quantitative estimate of drug-likeness (QED) is 0.654. The Kier molecular flexibility index (Phi) is 4.11. The van der Waals surface area contributed by atoms with Gasteiger partial charge in [-0.1, -0.05) is 13.8 Å². The van der Waals surface area contributed by atoms with Crippen molar-refractivity contribution in [2.45, 2.75) is 38.8 Å². The highest BCUT2D eigenvalue weighted by Gasteiger charge is 2.59. The normalized spacial score (nSPS) is 28.9. The number of hydrogen-bond donors (Lipinski definition) is 2. The lowest BCUT2D eigenvalue weighted by molar-refractivity contribution is -0.274. The first kappa shape index (κ1) is 16.9. The number of guanidine groups is 1. The maximum absolute atomic E-state index is 12.1.